The summed E-state index contributed by atoms with van der Waals surface area (Å²) in [5, 5.41) is 13.6. The van der Waals surface area contributed by atoms with Crippen LogP contribution in [0.2, 0.25) is 10.0 Å². The Bertz CT molecular complexity index is 1350. The van der Waals surface area contributed by atoms with Gasteiger partial charge in [-0.3, -0.25) is 9.97 Å². The zero-order valence-corrected chi connectivity index (χ0v) is 17.9. The molecule has 0 amide bonds. The molecule has 0 aliphatic carbocycles. The normalized spacial score (nSPS) is 10.2. The molecule has 0 radical (unpaired) electrons. The summed E-state index contributed by atoms with van der Waals surface area (Å²) < 4.78 is 6.07. The number of hydrogen-bond donors (Lipinski definition) is 1. The number of nitriles is 1. The average molecular weight is 451 g/mol. The lowest BCUT2D eigenvalue weighted by Crippen LogP contribution is -1.97. The third-order valence-electron chi connectivity index (χ3n) is 4.15. The highest BCUT2D eigenvalue weighted by Gasteiger charge is 2.15. The minimum atomic E-state index is 0.390. The first-order valence-electron chi connectivity index (χ1n) is 8.64. The van der Waals surface area contributed by atoms with Gasteiger partial charge in [0.1, 0.15) is 11.8 Å². The third kappa shape index (κ3) is 4.03. The number of pyridine rings is 2. The van der Waals surface area contributed by atoms with E-state index in [0.29, 0.717) is 32.7 Å². The highest BCUT2D eigenvalue weighted by molar-refractivity contribution is 7.20. The van der Waals surface area contributed by atoms with Crippen molar-refractivity contribution in [1.82, 2.24) is 9.97 Å². The van der Waals surface area contributed by atoms with Gasteiger partial charge in [-0.25, -0.2) is 0 Å². The molecule has 0 saturated carbocycles. The number of ether oxygens (including phenoxy) is 1. The summed E-state index contributed by atoms with van der Waals surface area (Å²) in [5.41, 5.74) is 3.11. The van der Waals surface area contributed by atoms with Gasteiger partial charge in [0.2, 0.25) is 0 Å². The van der Waals surface area contributed by atoms with Gasteiger partial charge in [-0.05, 0) is 24.3 Å². The number of rotatable bonds is 3. The molecule has 0 saturated heterocycles. The number of benzene rings is 1. The minimum Gasteiger partial charge on any atom is -0.495 e. The molecule has 4 rings (SSSR count). The number of halogens is 2. The average Bonchev–Trinajstić information content (AvgIpc) is 3.18. The van der Waals surface area contributed by atoms with E-state index in [9.17, 15) is 5.26 Å². The summed E-state index contributed by atoms with van der Waals surface area (Å²) in [6.07, 6.45) is 4.93. The molecule has 4 aromatic rings. The number of fused-ring (bicyclic) bond motifs is 1. The molecule has 0 fully saturated rings. The highest BCUT2D eigenvalue weighted by atomic mass is 35.5. The Balaban J connectivity index is 1.79. The molecule has 1 aromatic carbocycles. The van der Waals surface area contributed by atoms with Gasteiger partial charge in [0.25, 0.3) is 0 Å². The second-order valence-corrected chi connectivity index (χ2v) is 7.93. The highest BCUT2D eigenvalue weighted by Crippen LogP contribution is 2.39. The fraction of sp³-hybridized carbons (Fsp3) is 0.0455. The van der Waals surface area contributed by atoms with Crippen LogP contribution in [-0.2, 0) is 0 Å². The SMILES string of the molecule is COc1cc(Nc2c(C#N)cnc3cc(C#Cc4cccnc4)sc23)c(Cl)cc1Cl. The Morgan fingerprint density at radius 3 is 2.73 bits per heavy atom. The molecular weight excluding hydrogens is 439 g/mol. The number of hydrogen-bond acceptors (Lipinski definition) is 6. The number of anilines is 2. The summed E-state index contributed by atoms with van der Waals surface area (Å²) in [7, 11) is 1.52. The van der Waals surface area contributed by atoms with Crippen LogP contribution < -0.4 is 10.1 Å². The van der Waals surface area contributed by atoms with E-state index in [1.165, 1.54) is 24.6 Å². The maximum absolute atomic E-state index is 9.59. The largest absolute Gasteiger partial charge is 0.495 e. The van der Waals surface area contributed by atoms with Crippen LogP contribution in [-0.4, -0.2) is 17.1 Å². The molecule has 0 aliphatic heterocycles. The second-order valence-electron chi connectivity index (χ2n) is 6.07. The van der Waals surface area contributed by atoms with Gasteiger partial charge in [-0.2, -0.15) is 5.26 Å². The van der Waals surface area contributed by atoms with Gasteiger partial charge in [0.05, 0.1) is 49.2 Å². The fourth-order valence-electron chi connectivity index (χ4n) is 2.73. The van der Waals surface area contributed by atoms with Crippen LogP contribution in [0.15, 0.2) is 48.9 Å². The molecule has 3 heterocycles. The second kappa shape index (κ2) is 8.61. The van der Waals surface area contributed by atoms with Crippen LogP contribution in [0.5, 0.6) is 5.75 Å². The summed E-state index contributed by atoms with van der Waals surface area (Å²) in [4.78, 5) is 9.27. The zero-order chi connectivity index (χ0) is 21.1. The lowest BCUT2D eigenvalue weighted by Gasteiger charge is -2.13. The van der Waals surface area contributed by atoms with Crippen LogP contribution in [0.3, 0.4) is 0 Å². The van der Waals surface area contributed by atoms with Crippen molar-refractivity contribution in [2.24, 2.45) is 0 Å². The lowest BCUT2D eigenvalue weighted by molar-refractivity contribution is 0.415. The van der Waals surface area contributed by atoms with E-state index in [0.717, 1.165) is 20.7 Å². The van der Waals surface area contributed by atoms with E-state index in [2.05, 4.69) is 33.2 Å². The standard InChI is InChI=1S/C22H12Cl2N4OS/c1-29-20-9-18(16(23)8-17(20)24)28-21-14(10-25)12-27-19-7-15(30-22(19)21)5-4-13-3-2-6-26-11-13/h2-3,6-9,11-12H,1H3,(H,27,28). The van der Waals surface area contributed by atoms with Crippen LogP contribution in [0.4, 0.5) is 11.4 Å². The third-order valence-corrected chi connectivity index (χ3v) is 5.82. The Hall–Kier alpha value is -3.29. The quantitative estimate of drug-likeness (QED) is 0.386. The Morgan fingerprint density at radius 1 is 1.13 bits per heavy atom. The van der Waals surface area contributed by atoms with E-state index >= 15 is 0 Å². The molecule has 0 spiro atoms. The van der Waals surface area contributed by atoms with E-state index < -0.39 is 0 Å². The Kier molecular flexibility index (Phi) is 5.74. The number of nitrogens with one attached hydrogen (secondary N) is 1. The number of thiophene rings is 1. The summed E-state index contributed by atoms with van der Waals surface area (Å²) in [6, 6.07) is 11.1. The molecule has 3 aromatic heterocycles. The van der Waals surface area contributed by atoms with Crippen molar-refractivity contribution in [3.05, 3.63) is 75.0 Å². The fourth-order valence-corrected chi connectivity index (χ4v) is 4.21. The molecule has 8 heteroatoms. The Morgan fingerprint density at radius 2 is 2.00 bits per heavy atom. The van der Waals surface area contributed by atoms with Crippen molar-refractivity contribution in [3.63, 3.8) is 0 Å². The Labute approximate surface area is 186 Å². The zero-order valence-electron chi connectivity index (χ0n) is 15.5. The molecule has 5 nitrogen and oxygen atoms in total. The summed E-state index contributed by atoms with van der Waals surface area (Å²) in [6.45, 7) is 0. The van der Waals surface area contributed by atoms with E-state index in [4.69, 9.17) is 27.9 Å². The van der Waals surface area contributed by atoms with Crippen molar-refractivity contribution in [2.75, 3.05) is 12.4 Å². The van der Waals surface area contributed by atoms with Gasteiger partial charge in [0.15, 0.2) is 0 Å². The first-order chi connectivity index (χ1) is 14.6. The van der Waals surface area contributed by atoms with Crippen molar-refractivity contribution >= 4 is 56.1 Å². The maximum atomic E-state index is 9.59. The van der Waals surface area contributed by atoms with Crippen LogP contribution >= 0.6 is 34.5 Å². The van der Waals surface area contributed by atoms with Gasteiger partial charge in [-0.15, -0.1) is 11.3 Å². The number of aromatic nitrogens is 2. The van der Waals surface area contributed by atoms with Gasteiger partial charge in [-0.1, -0.05) is 35.0 Å². The summed E-state index contributed by atoms with van der Waals surface area (Å²) >= 11 is 13.9. The van der Waals surface area contributed by atoms with Crippen molar-refractivity contribution in [1.29, 1.82) is 5.26 Å². The topological polar surface area (TPSA) is 70.8 Å². The van der Waals surface area contributed by atoms with Gasteiger partial charge >= 0.3 is 0 Å². The number of methoxy groups -OCH3 is 1. The first-order valence-corrected chi connectivity index (χ1v) is 10.2. The predicted molar refractivity (Wildman–Crippen MR) is 121 cm³/mol. The van der Waals surface area contributed by atoms with E-state index in [1.54, 1.807) is 24.5 Å². The van der Waals surface area contributed by atoms with Crippen LogP contribution in [0.1, 0.15) is 16.0 Å². The molecule has 30 heavy (non-hydrogen) atoms. The van der Waals surface area contributed by atoms with Crippen LogP contribution in [0.25, 0.3) is 10.2 Å². The van der Waals surface area contributed by atoms with Gasteiger partial charge in [0, 0.05) is 30.2 Å². The molecule has 0 unspecified atom stereocenters. The molecule has 0 atom stereocenters. The molecule has 0 aliphatic rings. The van der Waals surface area contributed by atoms with Crippen LogP contribution in [0, 0.1) is 23.2 Å². The van der Waals surface area contributed by atoms with Crippen molar-refractivity contribution in [3.8, 4) is 23.7 Å². The molecule has 146 valence electrons. The predicted octanol–water partition coefficient (Wildman–Crippen LogP) is 6.02. The lowest BCUT2D eigenvalue weighted by atomic mass is 10.2. The van der Waals surface area contributed by atoms with E-state index in [1.807, 2.05) is 18.2 Å². The van der Waals surface area contributed by atoms with E-state index in [-0.39, 0.29) is 0 Å². The minimum absolute atomic E-state index is 0.390. The molecule has 1 N–H and O–H groups in total. The monoisotopic (exact) mass is 450 g/mol. The van der Waals surface area contributed by atoms with Crippen molar-refractivity contribution in [2.45, 2.75) is 0 Å². The van der Waals surface area contributed by atoms with Gasteiger partial charge < -0.3 is 10.1 Å². The van der Waals surface area contributed by atoms with Crippen molar-refractivity contribution < 1.29 is 4.74 Å². The number of nitrogens with zero attached hydrogens (tertiary/aromatic N) is 3. The molecule has 0 bridgehead atoms. The smallest absolute Gasteiger partial charge is 0.139 e. The maximum Gasteiger partial charge on any atom is 0.139 e. The summed E-state index contributed by atoms with van der Waals surface area (Å²) in [5.74, 6) is 6.69. The first kappa shape index (κ1) is 20.0. The molecular formula is C22H12Cl2N4OS.